The van der Waals surface area contributed by atoms with Crippen LogP contribution < -0.4 is 10.2 Å². The molecule has 0 bridgehead atoms. The van der Waals surface area contributed by atoms with Crippen molar-refractivity contribution in [2.24, 2.45) is 0 Å². The minimum absolute atomic E-state index is 0.00284. The Bertz CT molecular complexity index is 1310. The summed E-state index contributed by atoms with van der Waals surface area (Å²) in [7, 11) is 1.28. The van der Waals surface area contributed by atoms with Gasteiger partial charge in [-0.25, -0.2) is 0 Å². The van der Waals surface area contributed by atoms with Crippen molar-refractivity contribution in [1.29, 1.82) is 0 Å². The predicted molar refractivity (Wildman–Crippen MR) is 349 cm³/mol. The van der Waals surface area contributed by atoms with E-state index in [1.54, 1.807) is 6.08 Å². The maximum atomic E-state index is 13.0. The van der Waals surface area contributed by atoms with Crippen LogP contribution in [0.4, 0.5) is 0 Å². The summed E-state index contributed by atoms with van der Waals surface area (Å²) in [5.74, 6) is -0.188. The molecule has 0 aliphatic heterocycles. The lowest BCUT2D eigenvalue weighted by Crippen LogP contribution is -2.45. The average molecular weight is 1150 g/mol. The third-order valence-corrected chi connectivity index (χ3v) is 18.0. The van der Waals surface area contributed by atoms with Crippen molar-refractivity contribution in [2.45, 2.75) is 398 Å². The molecule has 9 heteroatoms. The van der Waals surface area contributed by atoms with Gasteiger partial charge in [0.15, 0.2) is 0 Å². The number of carbonyl (C=O) groups is 1. The molecule has 0 saturated carbocycles. The minimum Gasteiger partial charge on any atom is -0.756 e. The number of allylic oxidation sites excluding steroid dienone is 1. The molecule has 0 rings (SSSR count). The van der Waals surface area contributed by atoms with Crippen LogP contribution in [-0.2, 0) is 18.4 Å². The molecule has 2 N–H and O–H groups in total. The predicted octanol–water partition coefficient (Wildman–Crippen LogP) is 22.3. The van der Waals surface area contributed by atoms with Gasteiger partial charge in [-0.3, -0.25) is 9.36 Å². The van der Waals surface area contributed by atoms with Crippen LogP contribution in [0.15, 0.2) is 12.2 Å². The van der Waals surface area contributed by atoms with Crippen LogP contribution in [0, 0.1) is 0 Å². The van der Waals surface area contributed by atoms with E-state index in [4.69, 9.17) is 9.05 Å². The quantitative estimate of drug-likeness (QED) is 0.0272. The minimum atomic E-state index is -4.60. The largest absolute Gasteiger partial charge is 0.756 e. The monoisotopic (exact) mass is 1150 g/mol. The zero-order valence-corrected chi connectivity index (χ0v) is 55.7. The zero-order valence-electron chi connectivity index (χ0n) is 54.8. The SMILES string of the molecule is CCCCCCCCCCCCCCCCCC/C=C/C(O)C(COP(=O)([O-])OCC[N+](C)(C)C)NC(=O)CCCCCCCCCCCCCCCCCCCCCCCCCCCCCCCCCCCCCCCCCC. The van der Waals surface area contributed by atoms with Crippen molar-refractivity contribution in [2.75, 3.05) is 40.9 Å². The highest BCUT2D eigenvalue weighted by atomic mass is 31.2. The summed E-state index contributed by atoms with van der Waals surface area (Å²) in [6, 6.07) is -0.883. The van der Waals surface area contributed by atoms with Crippen LogP contribution in [0.3, 0.4) is 0 Å². The molecule has 0 heterocycles. The fraction of sp³-hybridized carbons (Fsp3) is 0.958. The summed E-state index contributed by atoms with van der Waals surface area (Å²) in [5, 5.41) is 13.9. The molecule has 0 saturated heterocycles. The standard InChI is InChI=1S/C71H143N2O6P/c1-6-8-10-12-14-16-18-20-22-24-26-27-28-29-30-31-32-33-34-35-36-37-38-39-40-41-42-43-44-45-46-47-49-51-53-55-57-59-61-63-65-71(75)72-69(68-79-80(76,77)78-67-66-73(3,4)5)70(74)64-62-60-58-56-54-52-50-48-25-23-21-19-17-15-13-11-9-7-2/h62,64,69-70,74H,6-61,63,65-68H2,1-5H3,(H-,72,75,76,77)/b64-62+. The molecule has 3 unspecified atom stereocenters. The van der Waals surface area contributed by atoms with Gasteiger partial charge in [0.25, 0.3) is 7.82 Å². The molecule has 0 aliphatic carbocycles. The first kappa shape index (κ1) is 79.2. The molecule has 1 amide bonds. The summed E-state index contributed by atoms with van der Waals surface area (Å²) in [6.07, 6.45) is 80.8. The van der Waals surface area contributed by atoms with E-state index < -0.39 is 20.0 Å². The van der Waals surface area contributed by atoms with Crippen LogP contribution in [0.25, 0.3) is 0 Å². The Kier molecular flexibility index (Phi) is 62.2. The van der Waals surface area contributed by atoms with Gasteiger partial charge >= 0.3 is 0 Å². The van der Waals surface area contributed by atoms with E-state index in [0.717, 1.165) is 38.5 Å². The highest BCUT2D eigenvalue weighted by molar-refractivity contribution is 7.45. The molecular formula is C71H143N2O6P. The first-order valence-electron chi connectivity index (χ1n) is 36.1. The number of rotatable bonds is 68. The van der Waals surface area contributed by atoms with Gasteiger partial charge in [-0.1, -0.05) is 373 Å². The number of phosphoric ester groups is 1. The number of amides is 1. The van der Waals surface area contributed by atoms with Crippen molar-refractivity contribution in [3.05, 3.63) is 12.2 Å². The number of aliphatic hydroxyl groups is 1. The van der Waals surface area contributed by atoms with Gasteiger partial charge in [0, 0.05) is 6.42 Å². The number of unbranched alkanes of at least 4 members (excludes halogenated alkanes) is 55. The smallest absolute Gasteiger partial charge is 0.268 e. The third kappa shape index (κ3) is 64.8. The lowest BCUT2D eigenvalue weighted by Gasteiger charge is -2.29. The van der Waals surface area contributed by atoms with E-state index in [0.29, 0.717) is 17.4 Å². The average Bonchev–Trinajstić information content (AvgIpc) is 3.42. The molecule has 0 spiro atoms. The second kappa shape index (κ2) is 62.8. The lowest BCUT2D eigenvalue weighted by molar-refractivity contribution is -0.870. The van der Waals surface area contributed by atoms with Crippen LogP contribution in [0.2, 0.25) is 0 Å². The number of nitrogens with zero attached hydrogens (tertiary/aromatic N) is 1. The Morgan fingerprint density at radius 1 is 0.425 bits per heavy atom. The fourth-order valence-electron chi connectivity index (χ4n) is 11.4. The summed E-state index contributed by atoms with van der Waals surface area (Å²) in [5.41, 5.74) is 0. The highest BCUT2D eigenvalue weighted by Crippen LogP contribution is 2.38. The van der Waals surface area contributed by atoms with Crippen molar-refractivity contribution >= 4 is 13.7 Å². The molecular weight excluding hydrogens is 1010 g/mol. The summed E-state index contributed by atoms with van der Waals surface area (Å²) >= 11 is 0. The van der Waals surface area contributed by atoms with Gasteiger partial charge < -0.3 is 28.8 Å². The molecule has 0 radical (unpaired) electrons. The Hall–Kier alpha value is -0.760. The molecule has 3 atom stereocenters. The Morgan fingerprint density at radius 3 is 0.938 bits per heavy atom. The van der Waals surface area contributed by atoms with Crippen molar-refractivity contribution in [1.82, 2.24) is 5.32 Å². The first-order valence-corrected chi connectivity index (χ1v) is 37.5. The normalized spacial score (nSPS) is 13.6. The Balaban J connectivity index is 3.86. The van der Waals surface area contributed by atoms with Gasteiger partial charge in [0.2, 0.25) is 5.91 Å². The maximum absolute atomic E-state index is 13.0. The highest BCUT2D eigenvalue weighted by Gasteiger charge is 2.23. The van der Waals surface area contributed by atoms with Gasteiger partial charge in [-0.15, -0.1) is 0 Å². The van der Waals surface area contributed by atoms with E-state index in [-0.39, 0.29) is 19.1 Å². The molecule has 0 aliphatic rings. The summed E-state index contributed by atoms with van der Waals surface area (Å²) < 4.78 is 23.4. The molecule has 80 heavy (non-hydrogen) atoms. The fourth-order valence-corrected chi connectivity index (χ4v) is 12.1. The molecule has 8 nitrogen and oxygen atoms in total. The molecule has 0 aromatic heterocycles. The number of phosphoric acid groups is 1. The second-order valence-corrected chi connectivity index (χ2v) is 27.7. The number of quaternary nitrogens is 1. The number of nitrogens with one attached hydrogen (secondary N) is 1. The van der Waals surface area contributed by atoms with Crippen molar-refractivity contribution in [3.63, 3.8) is 0 Å². The van der Waals surface area contributed by atoms with Crippen LogP contribution >= 0.6 is 7.82 Å². The summed E-state index contributed by atoms with van der Waals surface area (Å²) in [4.78, 5) is 25.6. The number of hydrogen-bond donors (Lipinski definition) is 2. The van der Waals surface area contributed by atoms with Crippen molar-refractivity contribution < 1.29 is 32.9 Å². The van der Waals surface area contributed by atoms with Crippen molar-refractivity contribution in [3.8, 4) is 0 Å². The molecule has 478 valence electrons. The summed E-state index contributed by atoms with van der Waals surface area (Å²) in [6.45, 7) is 4.71. The number of hydrogen-bond acceptors (Lipinski definition) is 6. The number of aliphatic hydroxyl groups excluding tert-OH is 1. The topological polar surface area (TPSA) is 108 Å². The first-order chi connectivity index (χ1) is 39.0. The van der Waals surface area contributed by atoms with E-state index in [1.807, 2.05) is 27.2 Å². The van der Waals surface area contributed by atoms with E-state index in [2.05, 4.69) is 19.2 Å². The molecule has 0 aromatic rings. The Labute approximate surface area is 501 Å². The van der Waals surface area contributed by atoms with Gasteiger partial charge in [-0.2, -0.15) is 0 Å². The second-order valence-electron chi connectivity index (χ2n) is 26.3. The van der Waals surface area contributed by atoms with Crippen LogP contribution in [0.5, 0.6) is 0 Å². The number of likely N-dealkylation sites (N-methyl/N-ethyl adjacent to an activating group) is 1. The lowest BCUT2D eigenvalue weighted by atomic mass is 10.0. The molecule has 0 aromatic carbocycles. The van der Waals surface area contributed by atoms with E-state index >= 15 is 0 Å². The van der Waals surface area contributed by atoms with E-state index in [1.165, 1.54) is 327 Å². The number of carbonyl (C=O) groups excluding carboxylic acids is 1. The maximum Gasteiger partial charge on any atom is 0.268 e. The van der Waals surface area contributed by atoms with Gasteiger partial charge in [-0.05, 0) is 19.3 Å². The van der Waals surface area contributed by atoms with Crippen LogP contribution in [-0.4, -0.2) is 68.5 Å². The third-order valence-electron chi connectivity index (χ3n) is 17.0. The Morgan fingerprint density at radius 2 is 0.675 bits per heavy atom. The zero-order chi connectivity index (χ0) is 58.4. The van der Waals surface area contributed by atoms with Gasteiger partial charge in [0.1, 0.15) is 13.2 Å². The molecule has 0 fully saturated rings. The van der Waals surface area contributed by atoms with Gasteiger partial charge in [0.05, 0.1) is 39.9 Å². The van der Waals surface area contributed by atoms with Crippen LogP contribution in [0.1, 0.15) is 386 Å². The van der Waals surface area contributed by atoms with E-state index in [9.17, 15) is 19.4 Å².